The number of fused-ring (bicyclic) bond motifs is 1. The van der Waals surface area contributed by atoms with Crippen molar-refractivity contribution in [3.63, 3.8) is 0 Å². The van der Waals surface area contributed by atoms with E-state index in [1.165, 1.54) is 0 Å². The summed E-state index contributed by atoms with van der Waals surface area (Å²) in [5.41, 5.74) is 1.39. The molecule has 8 heteroatoms. The molecule has 2 aliphatic rings. The fourth-order valence-electron chi connectivity index (χ4n) is 4.54. The van der Waals surface area contributed by atoms with Crippen LogP contribution in [-0.2, 0) is 21.1 Å². The molecular weight excluding hydrogens is 428 g/mol. The molecule has 0 saturated carbocycles. The third kappa shape index (κ3) is 4.19. The highest BCUT2D eigenvalue weighted by molar-refractivity contribution is 7.91. The third-order valence-electron chi connectivity index (χ3n) is 6.09. The van der Waals surface area contributed by atoms with Crippen LogP contribution in [0.3, 0.4) is 0 Å². The zero-order valence-electron chi connectivity index (χ0n) is 17.9. The number of carbonyl (C=O) groups excluding carboxylic acids is 3. The Morgan fingerprint density at radius 3 is 2.16 bits per heavy atom. The van der Waals surface area contributed by atoms with Gasteiger partial charge in [0.2, 0.25) is 5.91 Å². The van der Waals surface area contributed by atoms with Crippen molar-refractivity contribution in [2.45, 2.75) is 38.3 Å². The summed E-state index contributed by atoms with van der Waals surface area (Å²) in [5.74, 6) is -1.40. The van der Waals surface area contributed by atoms with Gasteiger partial charge in [-0.1, -0.05) is 49.4 Å². The SMILES string of the molecule is CCCN(C(=O)[C@H](Cc1ccccc1)N1C(=O)c2ccccc2C1=O)[C@@H]1CCS(=O)(=O)C1. The fraction of sp³-hybridized carbons (Fsp3) is 0.375. The smallest absolute Gasteiger partial charge is 0.262 e. The van der Waals surface area contributed by atoms with E-state index in [0.717, 1.165) is 10.5 Å². The second kappa shape index (κ2) is 8.86. The van der Waals surface area contributed by atoms with Crippen molar-refractivity contribution < 1.29 is 22.8 Å². The summed E-state index contributed by atoms with van der Waals surface area (Å²) in [7, 11) is -3.20. The molecule has 32 heavy (non-hydrogen) atoms. The number of amides is 3. The molecule has 3 amide bonds. The van der Waals surface area contributed by atoms with Crippen LogP contribution in [-0.4, -0.2) is 66.1 Å². The van der Waals surface area contributed by atoms with Crippen molar-refractivity contribution in [1.82, 2.24) is 9.80 Å². The van der Waals surface area contributed by atoms with Gasteiger partial charge in [0.25, 0.3) is 11.8 Å². The Balaban J connectivity index is 1.71. The van der Waals surface area contributed by atoms with E-state index in [4.69, 9.17) is 0 Å². The monoisotopic (exact) mass is 454 g/mol. The molecule has 0 N–H and O–H groups in total. The van der Waals surface area contributed by atoms with Gasteiger partial charge < -0.3 is 4.90 Å². The minimum absolute atomic E-state index is 0.0432. The van der Waals surface area contributed by atoms with Crippen molar-refractivity contribution in [3.8, 4) is 0 Å². The van der Waals surface area contributed by atoms with Gasteiger partial charge in [0.05, 0.1) is 22.6 Å². The lowest BCUT2D eigenvalue weighted by atomic mass is 10.0. The molecule has 7 nitrogen and oxygen atoms in total. The minimum Gasteiger partial charge on any atom is -0.337 e. The van der Waals surface area contributed by atoms with Gasteiger partial charge >= 0.3 is 0 Å². The molecule has 168 valence electrons. The predicted molar refractivity (Wildman–Crippen MR) is 120 cm³/mol. The van der Waals surface area contributed by atoms with Crippen LogP contribution < -0.4 is 0 Å². The highest BCUT2D eigenvalue weighted by Gasteiger charge is 2.45. The van der Waals surface area contributed by atoms with Crippen molar-refractivity contribution in [2.75, 3.05) is 18.1 Å². The van der Waals surface area contributed by atoms with E-state index in [1.807, 2.05) is 37.3 Å². The molecule has 0 aliphatic carbocycles. The Hall–Kier alpha value is -3.00. The molecule has 2 heterocycles. The molecule has 2 aliphatic heterocycles. The van der Waals surface area contributed by atoms with Crippen LogP contribution in [0.15, 0.2) is 54.6 Å². The predicted octanol–water partition coefficient (Wildman–Crippen LogP) is 2.32. The van der Waals surface area contributed by atoms with E-state index in [2.05, 4.69) is 0 Å². The Morgan fingerprint density at radius 1 is 1.03 bits per heavy atom. The first-order valence-corrected chi connectivity index (χ1v) is 12.7. The summed E-state index contributed by atoms with van der Waals surface area (Å²) >= 11 is 0. The summed E-state index contributed by atoms with van der Waals surface area (Å²) < 4.78 is 24.2. The zero-order valence-corrected chi connectivity index (χ0v) is 18.8. The van der Waals surface area contributed by atoms with Crippen molar-refractivity contribution in [2.24, 2.45) is 0 Å². The summed E-state index contributed by atoms with van der Waals surface area (Å²) in [5, 5.41) is 0. The maximum Gasteiger partial charge on any atom is 0.262 e. The molecule has 2 atom stereocenters. The fourth-order valence-corrected chi connectivity index (χ4v) is 6.27. The first-order valence-electron chi connectivity index (χ1n) is 10.8. The molecule has 2 aromatic rings. The molecule has 1 saturated heterocycles. The number of sulfone groups is 1. The maximum atomic E-state index is 13.8. The number of nitrogens with zero attached hydrogens (tertiary/aromatic N) is 2. The van der Waals surface area contributed by atoms with E-state index in [9.17, 15) is 22.8 Å². The first kappa shape index (κ1) is 22.2. The average Bonchev–Trinajstić information content (AvgIpc) is 3.27. The second-order valence-electron chi connectivity index (χ2n) is 8.32. The molecule has 0 unspecified atom stereocenters. The van der Waals surface area contributed by atoms with Gasteiger partial charge in [-0.15, -0.1) is 0 Å². The summed E-state index contributed by atoms with van der Waals surface area (Å²) in [4.78, 5) is 42.9. The molecule has 2 aromatic carbocycles. The Labute approximate surface area is 187 Å². The van der Waals surface area contributed by atoms with Gasteiger partial charge in [-0.25, -0.2) is 8.42 Å². The van der Waals surface area contributed by atoms with Crippen LogP contribution in [0, 0.1) is 0 Å². The van der Waals surface area contributed by atoms with Gasteiger partial charge in [0.1, 0.15) is 6.04 Å². The number of imide groups is 1. The number of carbonyl (C=O) groups is 3. The quantitative estimate of drug-likeness (QED) is 0.599. The number of benzene rings is 2. The van der Waals surface area contributed by atoms with Crippen molar-refractivity contribution >= 4 is 27.6 Å². The van der Waals surface area contributed by atoms with Gasteiger partial charge in [0, 0.05) is 19.0 Å². The number of hydrogen-bond acceptors (Lipinski definition) is 5. The molecule has 0 radical (unpaired) electrons. The Morgan fingerprint density at radius 2 is 1.62 bits per heavy atom. The molecule has 0 aromatic heterocycles. The van der Waals surface area contributed by atoms with Crippen LogP contribution in [0.4, 0.5) is 0 Å². The minimum atomic E-state index is -3.20. The van der Waals surface area contributed by atoms with E-state index >= 15 is 0 Å². The zero-order chi connectivity index (χ0) is 22.9. The second-order valence-corrected chi connectivity index (χ2v) is 10.5. The lowest BCUT2D eigenvalue weighted by Crippen LogP contribution is -2.55. The molecule has 0 bridgehead atoms. The normalized spacial score (nSPS) is 20.3. The van der Waals surface area contributed by atoms with Crippen LogP contribution in [0.2, 0.25) is 0 Å². The Kier molecular flexibility index (Phi) is 6.15. The first-order chi connectivity index (χ1) is 15.3. The van der Waals surface area contributed by atoms with E-state index in [0.29, 0.717) is 19.4 Å². The van der Waals surface area contributed by atoms with Gasteiger partial charge in [-0.2, -0.15) is 0 Å². The highest BCUT2D eigenvalue weighted by atomic mass is 32.2. The molecule has 1 fully saturated rings. The lowest BCUT2D eigenvalue weighted by molar-refractivity contribution is -0.137. The van der Waals surface area contributed by atoms with Crippen LogP contribution in [0.1, 0.15) is 46.0 Å². The molecule has 0 spiro atoms. The van der Waals surface area contributed by atoms with Gasteiger partial charge in [-0.05, 0) is 30.5 Å². The van der Waals surface area contributed by atoms with Gasteiger partial charge in [0.15, 0.2) is 9.84 Å². The van der Waals surface area contributed by atoms with Crippen LogP contribution >= 0.6 is 0 Å². The molecule has 4 rings (SSSR count). The summed E-state index contributed by atoms with van der Waals surface area (Å²) in [6, 6.07) is 14.3. The third-order valence-corrected chi connectivity index (χ3v) is 7.84. The standard InChI is InChI=1S/C24H26N2O5S/c1-2-13-25(18-12-14-32(30,31)16-18)24(29)21(15-17-8-4-3-5-9-17)26-22(27)19-10-6-7-11-20(19)23(26)28/h3-11,18,21H,2,12-16H2,1H3/t18-,21+/m1/s1. The molecular formula is C24H26N2O5S. The lowest BCUT2D eigenvalue weighted by Gasteiger charge is -2.34. The van der Waals surface area contributed by atoms with E-state index in [-0.39, 0.29) is 35.0 Å². The highest BCUT2D eigenvalue weighted by Crippen LogP contribution is 2.28. The van der Waals surface area contributed by atoms with Crippen LogP contribution in [0.5, 0.6) is 0 Å². The summed E-state index contributed by atoms with van der Waals surface area (Å²) in [6.45, 7) is 2.28. The van der Waals surface area contributed by atoms with E-state index in [1.54, 1.807) is 29.2 Å². The van der Waals surface area contributed by atoms with Crippen molar-refractivity contribution in [3.05, 3.63) is 71.3 Å². The topological polar surface area (TPSA) is 91.8 Å². The number of hydrogen-bond donors (Lipinski definition) is 0. The maximum absolute atomic E-state index is 13.8. The van der Waals surface area contributed by atoms with Gasteiger partial charge in [-0.3, -0.25) is 19.3 Å². The van der Waals surface area contributed by atoms with E-state index < -0.39 is 33.7 Å². The average molecular weight is 455 g/mol. The van der Waals surface area contributed by atoms with Crippen molar-refractivity contribution in [1.29, 1.82) is 0 Å². The summed E-state index contributed by atoms with van der Waals surface area (Å²) in [6.07, 6.45) is 1.18. The Bertz CT molecular complexity index is 1110. The number of rotatable bonds is 7. The van der Waals surface area contributed by atoms with Crippen LogP contribution in [0.25, 0.3) is 0 Å². The largest absolute Gasteiger partial charge is 0.337 e.